The van der Waals surface area contributed by atoms with Gasteiger partial charge in [-0.1, -0.05) is 25.4 Å². The fraction of sp³-hybridized carbons (Fsp3) is 0.524. The van der Waals surface area contributed by atoms with E-state index in [4.69, 9.17) is 11.6 Å². The third-order valence-electron chi connectivity index (χ3n) is 4.46. The lowest BCUT2D eigenvalue weighted by atomic mass is 10.2. The molecule has 0 bridgehead atoms. The number of aromatic nitrogens is 2. The summed E-state index contributed by atoms with van der Waals surface area (Å²) in [5.41, 5.74) is 3.43. The topological polar surface area (TPSA) is 44.3 Å². The molecule has 27 heavy (non-hydrogen) atoms. The molecular formula is C21H32ClN5. The van der Waals surface area contributed by atoms with E-state index in [1.807, 2.05) is 38.2 Å². The van der Waals surface area contributed by atoms with E-state index in [1.54, 1.807) is 6.20 Å². The molecule has 5 nitrogen and oxygen atoms in total. The summed E-state index contributed by atoms with van der Waals surface area (Å²) in [6.07, 6.45) is 3.68. The third-order valence-corrected chi connectivity index (χ3v) is 4.70. The van der Waals surface area contributed by atoms with Crippen molar-refractivity contribution in [3.05, 3.63) is 58.6 Å². The molecule has 0 aromatic carbocycles. The molecule has 148 valence electrons. The second-order valence-electron chi connectivity index (χ2n) is 6.59. The Kier molecular flexibility index (Phi) is 9.70. The Bertz CT molecular complexity index is 622. The molecule has 3 heterocycles. The smallest absolute Gasteiger partial charge is 0.0558 e. The Hall–Kier alpha value is -1.53. The maximum Gasteiger partial charge on any atom is 0.0558 e. The van der Waals surface area contributed by atoms with Crippen molar-refractivity contribution < 1.29 is 0 Å². The van der Waals surface area contributed by atoms with E-state index in [1.165, 1.54) is 5.56 Å². The summed E-state index contributed by atoms with van der Waals surface area (Å²) in [6.45, 7) is 14.0. The lowest BCUT2D eigenvalue weighted by Gasteiger charge is -2.25. The van der Waals surface area contributed by atoms with Gasteiger partial charge in [0.25, 0.3) is 0 Å². The van der Waals surface area contributed by atoms with Crippen molar-refractivity contribution in [1.82, 2.24) is 25.1 Å². The molecule has 6 heteroatoms. The lowest BCUT2D eigenvalue weighted by molar-refractivity contribution is 0.207. The van der Waals surface area contributed by atoms with Crippen LogP contribution in [-0.4, -0.2) is 59.0 Å². The highest BCUT2D eigenvalue weighted by molar-refractivity contribution is 6.30. The van der Waals surface area contributed by atoms with Gasteiger partial charge in [-0.25, -0.2) is 0 Å². The summed E-state index contributed by atoms with van der Waals surface area (Å²) in [6, 6.07) is 7.99. The van der Waals surface area contributed by atoms with Gasteiger partial charge in [0.1, 0.15) is 0 Å². The van der Waals surface area contributed by atoms with Crippen LogP contribution >= 0.6 is 11.6 Å². The fourth-order valence-electron chi connectivity index (χ4n) is 3.10. The lowest BCUT2D eigenvalue weighted by Crippen LogP contribution is -2.35. The average Bonchev–Trinajstić information content (AvgIpc) is 2.77. The molecular weight excluding hydrogens is 358 g/mol. The first-order valence-electron chi connectivity index (χ1n) is 9.86. The van der Waals surface area contributed by atoms with Crippen LogP contribution < -0.4 is 5.32 Å². The number of halogens is 1. The summed E-state index contributed by atoms with van der Waals surface area (Å²) < 4.78 is 0. The zero-order chi connectivity index (χ0) is 19.5. The van der Waals surface area contributed by atoms with Gasteiger partial charge in [-0.05, 0) is 36.8 Å². The molecule has 1 N–H and O–H groups in total. The van der Waals surface area contributed by atoms with Gasteiger partial charge in [0.05, 0.1) is 11.4 Å². The van der Waals surface area contributed by atoms with E-state index in [0.29, 0.717) is 0 Å². The van der Waals surface area contributed by atoms with Crippen LogP contribution in [-0.2, 0) is 13.1 Å². The molecule has 1 saturated heterocycles. The summed E-state index contributed by atoms with van der Waals surface area (Å²) in [7, 11) is 0. The van der Waals surface area contributed by atoms with E-state index >= 15 is 0 Å². The predicted octanol–water partition coefficient (Wildman–Crippen LogP) is 3.37. The van der Waals surface area contributed by atoms with E-state index in [-0.39, 0.29) is 0 Å². The monoisotopic (exact) mass is 389 g/mol. The van der Waals surface area contributed by atoms with Gasteiger partial charge < -0.3 is 5.32 Å². The van der Waals surface area contributed by atoms with Gasteiger partial charge in [0.2, 0.25) is 0 Å². The Morgan fingerprint density at radius 1 is 0.889 bits per heavy atom. The summed E-state index contributed by atoms with van der Waals surface area (Å²) >= 11 is 6.09. The molecule has 0 unspecified atom stereocenters. The SMILES string of the molecule is CC.Cc1ccnc(CN2CCNCCN(Cc3cc(Cl)ccn3)CC2)c1. The molecule has 2 aromatic rings. The first-order chi connectivity index (χ1) is 13.2. The largest absolute Gasteiger partial charge is 0.314 e. The number of nitrogens with zero attached hydrogens (tertiary/aromatic N) is 4. The first-order valence-corrected chi connectivity index (χ1v) is 10.2. The minimum Gasteiger partial charge on any atom is -0.314 e. The van der Waals surface area contributed by atoms with Crippen LogP contribution in [0.1, 0.15) is 30.8 Å². The van der Waals surface area contributed by atoms with Gasteiger partial charge >= 0.3 is 0 Å². The number of hydrogen-bond acceptors (Lipinski definition) is 5. The average molecular weight is 390 g/mol. The highest BCUT2D eigenvalue weighted by atomic mass is 35.5. The van der Waals surface area contributed by atoms with Crippen LogP contribution in [0.2, 0.25) is 5.02 Å². The third kappa shape index (κ3) is 7.93. The number of nitrogens with one attached hydrogen (secondary N) is 1. The minimum absolute atomic E-state index is 0.750. The molecule has 1 fully saturated rings. The fourth-order valence-corrected chi connectivity index (χ4v) is 3.28. The van der Waals surface area contributed by atoms with Crippen molar-refractivity contribution in [2.75, 3.05) is 39.3 Å². The quantitative estimate of drug-likeness (QED) is 0.868. The highest BCUT2D eigenvalue weighted by Crippen LogP contribution is 2.11. The Morgan fingerprint density at radius 3 is 2.00 bits per heavy atom. The van der Waals surface area contributed by atoms with Crippen molar-refractivity contribution in [1.29, 1.82) is 0 Å². The van der Waals surface area contributed by atoms with Gasteiger partial charge in [-0.3, -0.25) is 19.8 Å². The van der Waals surface area contributed by atoms with Crippen LogP contribution in [0, 0.1) is 6.92 Å². The van der Waals surface area contributed by atoms with Crippen molar-refractivity contribution in [2.24, 2.45) is 0 Å². The van der Waals surface area contributed by atoms with Crippen molar-refractivity contribution in [2.45, 2.75) is 33.9 Å². The van der Waals surface area contributed by atoms with Crippen molar-refractivity contribution in [3.63, 3.8) is 0 Å². The second-order valence-corrected chi connectivity index (χ2v) is 7.03. The molecule has 2 aromatic heterocycles. The highest BCUT2D eigenvalue weighted by Gasteiger charge is 2.14. The molecule has 1 aliphatic heterocycles. The standard InChI is InChI=1S/C19H26ClN5.C2H6/c1-16-2-4-22-18(12-16)14-24-8-6-21-7-9-25(11-10-24)15-19-13-17(20)3-5-23-19;1-2/h2-5,12-13,21H,6-11,14-15H2,1H3;1-2H3. The van der Waals surface area contributed by atoms with E-state index < -0.39 is 0 Å². The molecule has 0 saturated carbocycles. The summed E-state index contributed by atoms with van der Waals surface area (Å²) in [5, 5.41) is 4.28. The summed E-state index contributed by atoms with van der Waals surface area (Å²) in [5.74, 6) is 0. The van der Waals surface area contributed by atoms with Gasteiger partial charge in [0.15, 0.2) is 0 Å². The predicted molar refractivity (Wildman–Crippen MR) is 113 cm³/mol. The normalized spacial score (nSPS) is 16.6. The molecule has 0 aliphatic carbocycles. The molecule has 1 aliphatic rings. The molecule has 3 rings (SSSR count). The number of pyridine rings is 2. The molecule has 0 radical (unpaired) electrons. The van der Waals surface area contributed by atoms with Gasteiger partial charge in [0, 0.05) is 69.8 Å². The van der Waals surface area contributed by atoms with E-state index in [9.17, 15) is 0 Å². The molecule has 0 spiro atoms. The number of rotatable bonds is 4. The molecule has 0 amide bonds. The van der Waals surface area contributed by atoms with Crippen LogP contribution in [0.5, 0.6) is 0 Å². The zero-order valence-corrected chi connectivity index (χ0v) is 17.5. The summed E-state index contributed by atoms with van der Waals surface area (Å²) in [4.78, 5) is 13.9. The van der Waals surface area contributed by atoms with E-state index in [0.717, 1.165) is 68.8 Å². The number of hydrogen-bond donors (Lipinski definition) is 1. The van der Waals surface area contributed by atoms with Crippen LogP contribution in [0.25, 0.3) is 0 Å². The Balaban J connectivity index is 0.00000126. The van der Waals surface area contributed by atoms with Crippen molar-refractivity contribution in [3.8, 4) is 0 Å². The van der Waals surface area contributed by atoms with Crippen LogP contribution in [0.4, 0.5) is 0 Å². The Labute approximate surface area is 168 Å². The Morgan fingerprint density at radius 2 is 1.44 bits per heavy atom. The van der Waals surface area contributed by atoms with Crippen molar-refractivity contribution >= 4 is 11.6 Å². The zero-order valence-electron chi connectivity index (χ0n) is 16.8. The van der Waals surface area contributed by atoms with Gasteiger partial charge in [-0.15, -0.1) is 0 Å². The molecule has 0 atom stereocenters. The van der Waals surface area contributed by atoms with Crippen LogP contribution in [0.15, 0.2) is 36.7 Å². The second kappa shape index (κ2) is 12.0. The number of aryl methyl sites for hydroxylation is 1. The minimum atomic E-state index is 0.750. The first kappa shape index (κ1) is 21.8. The van der Waals surface area contributed by atoms with E-state index in [2.05, 4.69) is 38.1 Å². The van der Waals surface area contributed by atoms with Crippen LogP contribution in [0.3, 0.4) is 0 Å². The maximum atomic E-state index is 6.09. The van der Waals surface area contributed by atoms with Gasteiger partial charge in [-0.2, -0.15) is 0 Å². The maximum absolute atomic E-state index is 6.09.